The summed E-state index contributed by atoms with van der Waals surface area (Å²) in [4.78, 5) is 13.6. The van der Waals surface area contributed by atoms with E-state index in [0.29, 0.717) is 32.1 Å². The third-order valence-corrected chi connectivity index (χ3v) is 22.0. The molecule has 4 aliphatic carbocycles. The van der Waals surface area contributed by atoms with Crippen molar-refractivity contribution in [2.45, 2.75) is 292 Å². The minimum absolute atomic E-state index is 0. The first-order valence-corrected chi connectivity index (χ1v) is 32.1. The third kappa shape index (κ3) is 14.3. The molecule has 0 radical (unpaired) electrons. The standard InChI is InChI=1S/C58H96O28S.Na/c1-21(2)22(3)32(60)19-58(10,72)35-12-11-29-28-18-33(31-17-27(86-87(73,74)75)13-15-56(31,8)30(28)14-16-57(29,35)9)80-53-46(71)48(38(63)25(6)78-53)83-54-50(85-52-44(69)41(66)37(62)24(5)77-52)45(70)47(26(7)79-54)82-55-49(42(67)39(64)34(20-59)81-55)84-51-43(68)40(65)36(61)23(4)76-51;/h14,21-29,31,33-55,59,61-72H,11-13,15-20H2,1-10H3,(H,73,74,75);/q;+1/p-1/t22-,23?,24?,25?,26?,27-,28?,29?,31?,33?,34?,35-,36?,37?,38?,39?,40?,41?,42?,43?,44?,45?,46?,47?,48?,49?,50?,51?,52?,53?,54?,55?,56+,57-,58?;/m0./s1. The van der Waals surface area contributed by atoms with Crippen molar-refractivity contribution in [1.29, 1.82) is 0 Å². The number of fused-ring (bicyclic) bond motifs is 5. The van der Waals surface area contributed by atoms with E-state index in [9.17, 15) is 84.1 Å². The maximum Gasteiger partial charge on any atom is 1.00 e. The number of hydrogen-bond acceptors (Lipinski definition) is 28. The number of Topliss-reactive ketones (excluding diaryl/α,β-unsaturated/α-hetero) is 1. The van der Waals surface area contributed by atoms with Gasteiger partial charge in [0.1, 0.15) is 103 Å². The van der Waals surface area contributed by atoms with Crippen molar-refractivity contribution in [3.63, 3.8) is 0 Å². The minimum atomic E-state index is -5.14. The molecule has 0 spiro atoms. The molecule has 9 aliphatic rings. The molecule has 28 nitrogen and oxygen atoms in total. The van der Waals surface area contributed by atoms with Gasteiger partial charge in [-0.2, -0.15) is 0 Å². The predicted molar refractivity (Wildman–Crippen MR) is 293 cm³/mol. The summed E-state index contributed by atoms with van der Waals surface area (Å²) in [5, 5.41) is 146. The molecule has 0 bridgehead atoms. The van der Waals surface area contributed by atoms with Crippen LogP contribution in [0.15, 0.2) is 11.6 Å². The van der Waals surface area contributed by atoms with Crippen LogP contribution in [0.3, 0.4) is 0 Å². The molecule has 0 aromatic rings. The number of carbonyl (C=O) groups excluding carboxylic acids is 1. The van der Waals surface area contributed by atoms with E-state index in [0.717, 1.165) is 5.57 Å². The Bertz CT molecular complexity index is 2500. The zero-order valence-corrected chi connectivity index (χ0v) is 54.7. The normalized spacial score (nSPS) is 51.0. The van der Waals surface area contributed by atoms with E-state index < -0.39 is 205 Å². The number of aliphatic hydroxyl groups excluding tert-OH is 12. The maximum absolute atomic E-state index is 13.6. The summed E-state index contributed by atoms with van der Waals surface area (Å²) in [7, 11) is -5.14. The Hall–Kier alpha value is -0.640. The molecule has 9 rings (SSSR count). The van der Waals surface area contributed by atoms with Crippen LogP contribution in [0.4, 0.5) is 0 Å². The summed E-state index contributed by atoms with van der Waals surface area (Å²) in [6.07, 6.45) is -39.5. The Balaban J connectivity index is 0.0000100. The molecule has 35 atom stereocenters. The van der Waals surface area contributed by atoms with E-state index in [-0.39, 0.29) is 84.2 Å². The number of ketones is 1. The van der Waals surface area contributed by atoms with Gasteiger partial charge in [-0.1, -0.05) is 46.3 Å². The first-order chi connectivity index (χ1) is 40.5. The molecule has 502 valence electrons. The van der Waals surface area contributed by atoms with Gasteiger partial charge in [0, 0.05) is 12.3 Å². The Morgan fingerprint density at radius 3 is 1.69 bits per heavy atom. The molecule has 30 heteroatoms. The smallest absolute Gasteiger partial charge is 0.726 e. The van der Waals surface area contributed by atoms with Gasteiger partial charge < -0.3 is 118 Å². The van der Waals surface area contributed by atoms with Crippen molar-refractivity contribution in [2.75, 3.05) is 6.61 Å². The first kappa shape index (κ1) is 73.2. The van der Waals surface area contributed by atoms with E-state index >= 15 is 0 Å². The predicted octanol–water partition coefficient (Wildman–Crippen LogP) is -5.38. The summed E-state index contributed by atoms with van der Waals surface area (Å²) < 4.78 is 103. The molecular weight excluding hydrogens is 1200 g/mol. The molecule has 5 aliphatic heterocycles. The summed E-state index contributed by atoms with van der Waals surface area (Å²) in [6.45, 7) is 16.5. The SMILES string of the molecule is CC1OC(OC2C(OC3C(C)OC(OC4C(O)C(C)OC(OC5CC6C(=CC[C@@]7(C)C6CC[C@@H]7C(C)(O)CC(=O)[C@@H](C)C(C)C)[C@@]6(C)CC[C@H](OS(=O)(=O)[O-])CC56)C4O)C(OC4OC(C)C(O)C(O)C4O)C3O)OC(CO)C(O)C2O)C(O)C(O)C1O.[Na+]. The summed E-state index contributed by atoms with van der Waals surface area (Å²) in [6, 6.07) is 0. The van der Waals surface area contributed by atoms with Gasteiger partial charge in [-0.25, -0.2) is 8.42 Å². The van der Waals surface area contributed by atoms with E-state index in [1.165, 1.54) is 27.7 Å². The number of aliphatic hydroxyl groups is 13. The second-order valence-corrected chi connectivity index (χ2v) is 28.5. The molecule has 5 saturated heterocycles. The van der Waals surface area contributed by atoms with E-state index in [1.807, 2.05) is 20.8 Å². The van der Waals surface area contributed by atoms with Gasteiger partial charge in [0.05, 0.1) is 48.8 Å². The second-order valence-electron chi connectivity index (χ2n) is 27.4. The average molecular weight is 1300 g/mol. The van der Waals surface area contributed by atoms with Gasteiger partial charge in [-0.15, -0.1) is 0 Å². The van der Waals surface area contributed by atoms with Gasteiger partial charge >= 0.3 is 29.6 Å². The number of ether oxygens (including phenoxy) is 10. The van der Waals surface area contributed by atoms with Gasteiger partial charge in [0.15, 0.2) is 31.5 Å². The van der Waals surface area contributed by atoms with Gasteiger partial charge in [0.2, 0.25) is 10.4 Å². The molecule has 0 aromatic carbocycles. The monoisotopic (exact) mass is 1290 g/mol. The van der Waals surface area contributed by atoms with Crippen LogP contribution in [0, 0.1) is 46.3 Å². The third-order valence-electron chi connectivity index (χ3n) is 21.5. The molecule has 13 N–H and O–H groups in total. The molecule has 5 heterocycles. The van der Waals surface area contributed by atoms with Crippen LogP contribution in [-0.2, 0) is 66.7 Å². The molecule has 0 amide bonds. The Morgan fingerprint density at radius 1 is 0.625 bits per heavy atom. The van der Waals surface area contributed by atoms with Crippen LogP contribution in [0.25, 0.3) is 0 Å². The molecule has 0 aromatic heterocycles. The first-order valence-electron chi connectivity index (χ1n) is 30.8. The van der Waals surface area contributed by atoms with Gasteiger partial charge in [0.25, 0.3) is 0 Å². The van der Waals surface area contributed by atoms with Crippen molar-refractivity contribution < 1.29 is 165 Å². The van der Waals surface area contributed by atoms with E-state index in [1.54, 1.807) is 6.92 Å². The van der Waals surface area contributed by atoms with Crippen molar-refractivity contribution in [2.24, 2.45) is 46.3 Å². The summed E-state index contributed by atoms with van der Waals surface area (Å²) >= 11 is 0. The van der Waals surface area contributed by atoms with Gasteiger partial charge in [-0.05, 0) is 120 Å². The number of allylic oxidation sites excluding steroid dienone is 2. The zero-order chi connectivity index (χ0) is 64.1. The second kappa shape index (κ2) is 28.2. The van der Waals surface area contributed by atoms with Crippen LogP contribution < -0.4 is 29.6 Å². The number of carbonyl (C=O) groups is 1. The fraction of sp³-hybridized carbons (Fsp3) is 0.948. The Kier molecular flexibility index (Phi) is 23.5. The molecule has 3 saturated carbocycles. The topological polar surface area (TPSA) is 439 Å². The Morgan fingerprint density at radius 2 is 1.14 bits per heavy atom. The van der Waals surface area contributed by atoms with Crippen molar-refractivity contribution >= 4 is 16.2 Å². The molecule has 30 unspecified atom stereocenters. The van der Waals surface area contributed by atoms with Crippen molar-refractivity contribution in [3.8, 4) is 0 Å². The molecule has 8 fully saturated rings. The van der Waals surface area contributed by atoms with Crippen LogP contribution in [0.1, 0.15) is 121 Å². The minimum Gasteiger partial charge on any atom is -0.726 e. The molecular formula is C58H95NaO28S. The zero-order valence-electron chi connectivity index (χ0n) is 51.8. The number of hydrogen-bond donors (Lipinski definition) is 13. The number of rotatable bonds is 18. The van der Waals surface area contributed by atoms with Crippen LogP contribution >= 0.6 is 0 Å². The maximum atomic E-state index is 13.6. The average Bonchev–Trinajstić information content (AvgIpc) is 1.30. The van der Waals surface area contributed by atoms with E-state index in [4.69, 9.17) is 51.6 Å². The summed E-state index contributed by atoms with van der Waals surface area (Å²) in [5.41, 5.74) is -1.36. The van der Waals surface area contributed by atoms with Crippen molar-refractivity contribution in [1.82, 2.24) is 0 Å². The quantitative estimate of drug-likeness (QED) is 0.0264. The van der Waals surface area contributed by atoms with Crippen LogP contribution in [0.2, 0.25) is 0 Å². The fourth-order valence-corrected chi connectivity index (χ4v) is 16.5. The van der Waals surface area contributed by atoms with Crippen LogP contribution in [0.5, 0.6) is 0 Å². The van der Waals surface area contributed by atoms with Gasteiger partial charge in [-0.3, -0.25) is 8.98 Å². The fourth-order valence-electron chi connectivity index (χ4n) is 16.0. The molecule has 88 heavy (non-hydrogen) atoms. The van der Waals surface area contributed by atoms with E-state index in [2.05, 4.69) is 19.9 Å². The summed E-state index contributed by atoms with van der Waals surface area (Å²) in [5.74, 6) is -1.19. The Labute approximate surface area is 535 Å². The van der Waals surface area contributed by atoms with Crippen LogP contribution in [-0.4, -0.2) is 263 Å². The van der Waals surface area contributed by atoms with Crippen molar-refractivity contribution in [3.05, 3.63) is 11.6 Å². The largest absolute Gasteiger partial charge is 1.00 e.